The molecule has 1 fully saturated rings. The molecule has 9 heteroatoms. The molecule has 1 aliphatic heterocycles. The number of carbonyl (C=O) groups is 1. The quantitative estimate of drug-likeness (QED) is 0.0261. The second-order valence-electron chi connectivity index (χ2n) is 27.5. The van der Waals surface area contributed by atoms with Crippen LogP contribution in [0.5, 0.6) is 0 Å². The Hall–Kier alpha value is -3.67. The Balaban J connectivity index is 2.11. The molecule has 0 aliphatic carbocycles. The summed E-state index contributed by atoms with van der Waals surface area (Å²) in [5.41, 5.74) is 0. The van der Waals surface area contributed by atoms with Gasteiger partial charge in [0.15, 0.2) is 6.29 Å². The van der Waals surface area contributed by atoms with Gasteiger partial charge in [-0.2, -0.15) is 0 Å². The van der Waals surface area contributed by atoms with Gasteiger partial charge in [0, 0.05) is 6.42 Å². The van der Waals surface area contributed by atoms with Crippen molar-refractivity contribution in [3.8, 4) is 0 Å². The van der Waals surface area contributed by atoms with Crippen molar-refractivity contribution in [3.63, 3.8) is 0 Å². The van der Waals surface area contributed by atoms with Crippen molar-refractivity contribution in [2.75, 3.05) is 13.2 Å². The minimum atomic E-state index is -1.56. The maximum Gasteiger partial charge on any atom is 0.220 e. The third kappa shape index (κ3) is 61.4. The average molecular weight is 1340 g/mol. The minimum absolute atomic E-state index is 0.148. The van der Waals surface area contributed by atoms with E-state index in [-0.39, 0.29) is 12.5 Å². The van der Waals surface area contributed by atoms with Crippen molar-refractivity contribution >= 4 is 5.91 Å². The molecule has 0 aromatic rings. The number of aliphatic hydroxyl groups is 5. The van der Waals surface area contributed by atoms with E-state index in [1.54, 1.807) is 0 Å². The van der Waals surface area contributed by atoms with E-state index in [0.717, 1.165) is 122 Å². The van der Waals surface area contributed by atoms with Crippen LogP contribution in [0.15, 0.2) is 134 Å². The van der Waals surface area contributed by atoms with Crippen LogP contribution in [-0.2, 0) is 14.3 Å². The van der Waals surface area contributed by atoms with Gasteiger partial charge in [-0.3, -0.25) is 4.79 Å². The standard InChI is InChI=1S/C87H151NO8/c1-3-5-7-9-11-13-15-17-19-21-23-25-27-29-31-33-35-37-38-39-40-41-42-43-44-45-47-49-51-53-55-57-59-61-63-65-67-69-71-73-75-77-83(91)88-80(79-95-87-86(94)85(93)84(92)82(78-89)96-87)81(90)76-74-72-70-68-66-64-62-60-58-56-54-52-50-48-46-36-34-32-30-28-26-24-22-20-18-16-14-12-10-8-6-4-2/h5,7,11,13,17,19,23,25,29,31,35,37,39-40,42-43,45,47,51,53,57,59,80-82,84-87,89-90,92-94H,3-4,6,8-10,12,14-16,18,20-22,24,26-28,30,32-34,36,38,41,44,46,48-50,52,54-56,58,60-79H2,1-2H3,(H,88,91)/b7-5-,13-11-,19-17-,25-23-,31-29-,37-35-,40-39-,43-42-,47-45-,53-51-,59-57-. The van der Waals surface area contributed by atoms with Gasteiger partial charge in [0.2, 0.25) is 5.91 Å². The van der Waals surface area contributed by atoms with Crippen LogP contribution in [-0.4, -0.2) is 87.5 Å². The van der Waals surface area contributed by atoms with Crippen LogP contribution in [0, 0.1) is 0 Å². The van der Waals surface area contributed by atoms with Crippen molar-refractivity contribution in [2.24, 2.45) is 0 Å². The number of carbonyl (C=O) groups excluding carboxylic acids is 1. The van der Waals surface area contributed by atoms with Crippen LogP contribution < -0.4 is 5.32 Å². The second-order valence-corrected chi connectivity index (χ2v) is 27.5. The summed E-state index contributed by atoms with van der Waals surface area (Å²) in [5, 5.41) is 55.1. The van der Waals surface area contributed by atoms with Crippen LogP contribution in [0.4, 0.5) is 0 Å². The number of ether oxygens (including phenoxy) is 2. The maximum absolute atomic E-state index is 13.2. The molecule has 6 N–H and O–H groups in total. The summed E-state index contributed by atoms with van der Waals surface area (Å²) in [5.74, 6) is -0.156. The first-order chi connectivity index (χ1) is 47.3. The van der Waals surface area contributed by atoms with Crippen molar-refractivity contribution in [1.82, 2.24) is 5.32 Å². The van der Waals surface area contributed by atoms with Crippen LogP contribution in [0.25, 0.3) is 0 Å². The van der Waals surface area contributed by atoms with Crippen LogP contribution in [0.3, 0.4) is 0 Å². The predicted octanol–water partition coefficient (Wildman–Crippen LogP) is 23.5. The van der Waals surface area contributed by atoms with Crippen molar-refractivity contribution in [3.05, 3.63) is 134 Å². The molecule has 1 heterocycles. The molecule has 7 atom stereocenters. The highest BCUT2D eigenvalue weighted by atomic mass is 16.7. The van der Waals surface area contributed by atoms with Gasteiger partial charge in [0.1, 0.15) is 24.4 Å². The van der Waals surface area contributed by atoms with Gasteiger partial charge >= 0.3 is 0 Å². The van der Waals surface area contributed by atoms with E-state index in [1.165, 1.54) is 205 Å². The lowest BCUT2D eigenvalue weighted by Crippen LogP contribution is -2.60. The van der Waals surface area contributed by atoms with Gasteiger partial charge in [0.05, 0.1) is 25.4 Å². The number of unbranched alkanes of at least 4 members (excludes halogenated alkanes) is 38. The number of rotatable bonds is 70. The number of amides is 1. The Morgan fingerprint density at radius 3 is 0.958 bits per heavy atom. The van der Waals surface area contributed by atoms with Gasteiger partial charge < -0.3 is 40.3 Å². The highest BCUT2D eigenvalue weighted by Gasteiger charge is 2.44. The van der Waals surface area contributed by atoms with E-state index >= 15 is 0 Å². The molecular weight excluding hydrogens is 1190 g/mol. The molecular formula is C87H151NO8. The number of hydrogen-bond donors (Lipinski definition) is 6. The lowest BCUT2D eigenvalue weighted by atomic mass is 9.99. The summed E-state index contributed by atoms with van der Waals surface area (Å²) in [6.45, 7) is 3.75. The molecule has 1 saturated heterocycles. The zero-order chi connectivity index (χ0) is 69.2. The Morgan fingerprint density at radius 2 is 0.646 bits per heavy atom. The van der Waals surface area contributed by atoms with E-state index < -0.39 is 49.5 Å². The zero-order valence-electron chi connectivity index (χ0n) is 62.1. The van der Waals surface area contributed by atoms with Crippen LogP contribution >= 0.6 is 0 Å². The maximum atomic E-state index is 13.2. The number of allylic oxidation sites excluding steroid dienone is 22. The van der Waals surface area contributed by atoms with Gasteiger partial charge in [-0.25, -0.2) is 0 Å². The first-order valence-electron chi connectivity index (χ1n) is 40.4. The van der Waals surface area contributed by atoms with E-state index in [1.807, 2.05) is 0 Å². The van der Waals surface area contributed by atoms with Crippen LogP contribution in [0.1, 0.15) is 354 Å². The molecule has 1 aliphatic rings. The molecule has 0 bridgehead atoms. The summed E-state index contributed by atoms with van der Waals surface area (Å²) < 4.78 is 11.4. The lowest BCUT2D eigenvalue weighted by Gasteiger charge is -2.40. The Labute approximate surface area is 591 Å². The molecule has 0 aromatic heterocycles. The SMILES string of the molecule is CC/C=C\C/C=C\C/C=C\C/C=C\C/C=C\C/C=C\C/C=C\C/C=C\C/C=C\C/C=C\C/C=C\CCCCCCCCCC(=O)NC(COC1OC(CO)C(O)C(O)C1O)C(O)CCCCCCCCCCCCCCCCCCCCCCCCCCCCCCCCCC. The smallest absolute Gasteiger partial charge is 0.220 e. The second kappa shape index (κ2) is 74.0. The van der Waals surface area contributed by atoms with Crippen molar-refractivity contribution in [2.45, 2.75) is 397 Å². The molecule has 7 unspecified atom stereocenters. The first-order valence-corrected chi connectivity index (χ1v) is 40.4. The zero-order valence-corrected chi connectivity index (χ0v) is 62.1. The van der Waals surface area contributed by atoms with Crippen LogP contribution in [0.2, 0.25) is 0 Å². The molecule has 552 valence electrons. The summed E-state index contributed by atoms with van der Waals surface area (Å²) in [4.78, 5) is 13.2. The first kappa shape index (κ1) is 90.3. The highest BCUT2D eigenvalue weighted by molar-refractivity contribution is 5.76. The van der Waals surface area contributed by atoms with Gasteiger partial charge in [0.25, 0.3) is 0 Å². The highest BCUT2D eigenvalue weighted by Crippen LogP contribution is 2.24. The molecule has 1 amide bonds. The predicted molar refractivity (Wildman–Crippen MR) is 414 cm³/mol. The third-order valence-corrected chi connectivity index (χ3v) is 18.5. The van der Waals surface area contributed by atoms with Crippen molar-refractivity contribution < 1.29 is 39.8 Å². The summed E-state index contributed by atoms with van der Waals surface area (Å²) >= 11 is 0. The number of aliphatic hydroxyl groups excluding tert-OH is 5. The number of nitrogens with one attached hydrogen (secondary N) is 1. The van der Waals surface area contributed by atoms with Crippen molar-refractivity contribution in [1.29, 1.82) is 0 Å². The largest absolute Gasteiger partial charge is 0.394 e. The summed E-state index contributed by atoms with van der Waals surface area (Å²) in [6, 6.07) is -0.737. The van der Waals surface area contributed by atoms with Gasteiger partial charge in [-0.1, -0.05) is 385 Å². The molecule has 0 aromatic carbocycles. The summed E-state index contributed by atoms with van der Waals surface area (Å²) in [6.07, 6.45) is 105. The molecule has 0 spiro atoms. The average Bonchev–Trinajstić information content (AvgIpc) is 0.840. The molecule has 0 radical (unpaired) electrons. The molecule has 9 nitrogen and oxygen atoms in total. The normalized spacial score (nSPS) is 18.2. The Kier molecular flexibility index (Phi) is 69.7. The van der Waals surface area contributed by atoms with Gasteiger partial charge in [-0.05, 0) is 96.3 Å². The monoisotopic (exact) mass is 1340 g/mol. The fourth-order valence-corrected chi connectivity index (χ4v) is 12.3. The fraction of sp³-hybridized carbons (Fsp3) is 0.736. The molecule has 1 rings (SSSR count). The Bertz CT molecular complexity index is 1990. The molecule has 0 saturated carbocycles. The van der Waals surface area contributed by atoms with E-state index in [4.69, 9.17) is 9.47 Å². The lowest BCUT2D eigenvalue weighted by molar-refractivity contribution is -0.302. The van der Waals surface area contributed by atoms with Gasteiger partial charge in [-0.15, -0.1) is 0 Å². The third-order valence-electron chi connectivity index (χ3n) is 18.5. The minimum Gasteiger partial charge on any atom is -0.394 e. The van der Waals surface area contributed by atoms with E-state index in [2.05, 4.69) is 153 Å². The van der Waals surface area contributed by atoms with E-state index in [0.29, 0.717) is 12.8 Å². The topological polar surface area (TPSA) is 149 Å². The number of hydrogen-bond acceptors (Lipinski definition) is 8. The van der Waals surface area contributed by atoms with E-state index in [9.17, 15) is 30.3 Å². The fourth-order valence-electron chi connectivity index (χ4n) is 12.3. The molecule has 96 heavy (non-hydrogen) atoms. The Morgan fingerprint density at radius 1 is 0.365 bits per heavy atom. The summed E-state index contributed by atoms with van der Waals surface area (Å²) in [7, 11) is 0.